The molecule has 1 aromatic heterocycles. The maximum Gasteiger partial charge on any atom is 0.257 e. The maximum atomic E-state index is 13.0. The van der Waals surface area contributed by atoms with E-state index in [1.165, 1.54) is 25.3 Å². The summed E-state index contributed by atoms with van der Waals surface area (Å²) >= 11 is 0. The molecule has 0 saturated heterocycles. The number of benzene rings is 2. The summed E-state index contributed by atoms with van der Waals surface area (Å²) in [6, 6.07) is 14.3. The Hall–Kier alpha value is -3.74. The summed E-state index contributed by atoms with van der Waals surface area (Å²) in [4.78, 5) is 27.7. The molecule has 0 aliphatic heterocycles. The molecule has 0 bridgehead atoms. The van der Waals surface area contributed by atoms with Gasteiger partial charge in [0.2, 0.25) is 5.91 Å². The average molecular weight is 364 g/mol. The molecule has 2 aromatic carbocycles. The number of rotatable bonds is 5. The highest BCUT2D eigenvalue weighted by atomic mass is 19.1. The quantitative estimate of drug-likeness (QED) is 0.634. The van der Waals surface area contributed by atoms with Crippen molar-refractivity contribution in [1.82, 2.24) is 4.98 Å². The van der Waals surface area contributed by atoms with Gasteiger partial charge in [-0.1, -0.05) is 6.07 Å². The zero-order valence-corrected chi connectivity index (χ0v) is 14.5. The number of carbonyl (C=O) groups is 2. The van der Waals surface area contributed by atoms with Crippen molar-refractivity contribution in [3.05, 3.63) is 78.4 Å². The predicted octanol–water partition coefficient (Wildman–Crippen LogP) is 4.18. The van der Waals surface area contributed by atoms with Crippen molar-refractivity contribution in [3.63, 3.8) is 0 Å². The number of nitrogens with zero attached hydrogens (tertiary/aromatic N) is 1. The average Bonchev–Trinajstić information content (AvgIpc) is 2.64. The second kappa shape index (κ2) is 8.09. The van der Waals surface area contributed by atoms with E-state index in [0.717, 1.165) is 0 Å². The van der Waals surface area contributed by atoms with E-state index in [1.54, 1.807) is 48.7 Å². The molecule has 7 heteroatoms. The molecule has 6 nitrogen and oxygen atoms in total. The van der Waals surface area contributed by atoms with Crippen LogP contribution in [0.2, 0.25) is 0 Å². The van der Waals surface area contributed by atoms with Crippen LogP contribution in [-0.4, -0.2) is 16.8 Å². The summed E-state index contributed by atoms with van der Waals surface area (Å²) in [6.07, 6.45) is 3.01. The summed E-state index contributed by atoms with van der Waals surface area (Å²) in [5.74, 6) is -0.860. The van der Waals surface area contributed by atoms with Crippen molar-refractivity contribution in [1.29, 1.82) is 0 Å². The first-order valence-electron chi connectivity index (χ1n) is 8.16. The Morgan fingerprint density at radius 1 is 0.852 bits per heavy atom. The molecule has 0 radical (unpaired) electrons. The van der Waals surface area contributed by atoms with E-state index < -0.39 is 0 Å². The number of hydrogen-bond donors (Lipinski definition) is 3. The minimum Gasteiger partial charge on any atom is -0.354 e. The molecule has 136 valence electrons. The van der Waals surface area contributed by atoms with E-state index in [0.29, 0.717) is 28.3 Å². The number of nitrogens with one attached hydrogen (secondary N) is 3. The van der Waals surface area contributed by atoms with E-state index in [1.807, 2.05) is 0 Å². The van der Waals surface area contributed by atoms with Crippen LogP contribution in [0.25, 0.3) is 0 Å². The van der Waals surface area contributed by atoms with Gasteiger partial charge in [-0.25, -0.2) is 4.39 Å². The van der Waals surface area contributed by atoms with Gasteiger partial charge in [-0.3, -0.25) is 14.6 Å². The Bertz CT molecular complexity index is 974. The van der Waals surface area contributed by atoms with Crippen LogP contribution in [0.5, 0.6) is 0 Å². The Morgan fingerprint density at radius 2 is 1.56 bits per heavy atom. The third-order valence-corrected chi connectivity index (χ3v) is 3.57. The topological polar surface area (TPSA) is 83.1 Å². The zero-order valence-electron chi connectivity index (χ0n) is 14.5. The normalized spacial score (nSPS) is 10.1. The zero-order chi connectivity index (χ0) is 19.2. The second-order valence-corrected chi connectivity index (χ2v) is 5.81. The fraction of sp³-hybridized carbons (Fsp3) is 0.0500. The minimum absolute atomic E-state index is 0.192. The lowest BCUT2D eigenvalue weighted by Gasteiger charge is -2.10. The highest BCUT2D eigenvalue weighted by Gasteiger charge is 2.09. The molecule has 0 unspecified atom stereocenters. The third kappa shape index (κ3) is 5.12. The van der Waals surface area contributed by atoms with E-state index in [-0.39, 0.29) is 17.6 Å². The van der Waals surface area contributed by atoms with Gasteiger partial charge in [-0.15, -0.1) is 0 Å². The smallest absolute Gasteiger partial charge is 0.257 e. The first kappa shape index (κ1) is 18.1. The van der Waals surface area contributed by atoms with Gasteiger partial charge in [0.15, 0.2) is 0 Å². The van der Waals surface area contributed by atoms with Crippen molar-refractivity contribution >= 4 is 34.6 Å². The van der Waals surface area contributed by atoms with E-state index >= 15 is 0 Å². The minimum atomic E-state index is -0.342. The molecule has 0 atom stereocenters. The van der Waals surface area contributed by atoms with E-state index in [4.69, 9.17) is 0 Å². The Kier molecular flexibility index (Phi) is 5.41. The fourth-order valence-corrected chi connectivity index (χ4v) is 2.41. The van der Waals surface area contributed by atoms with Gasteiger partial charge in [0.25, 0.3) is 5.91 Å². The third-order valence-electron chi connectivity index (χ3n) is 3.57. The number of amides is 2. The standard InChI is InChI=1S/C20H17FN4O2/c1-13(26)23-17-3-2-4-18(10-17)25-20(27)14-9-19(12-22-11-14)24-16-7-5-15(21)6-8-16/h2-12,24H,1H3,(H,23,26)(H,25,27). The Labute approximate surface area is 155 Å². The lowest BCUT2D eigenvalue weighted by atomic mass is 10.2. The molecule has 3 aromatic rings. The summed E-state index contributed by atoms with van der Waals surface area (Å²) < 4.78 is 13.0. The maximum absolute atomic E-state index is 13.0. The van der Waals surface area contributed by atoms with Crippen molar-refractivity contribution in [2.45, 2.75) is 6.92 Å². The molecule has 0 aliphatic carbocycles. The first-order chi connectivity index (χ1) is 13.0. The number of anilines is 4. The lowest BCUT2D eigenvalue weighted by molar-refractivity contribution is -0.114. The van der Waals surface area contributed by atoms with Crippen LogP contribution in [-0.2, 0) is 4.79 Å². The second-order valence-electron chi connectivity index (χ2n) is 5.81. The molecule has 1 heterocycles. The monoisotopic (exact) mass is 364 g/mol. The lowest BCUT2D eigenvalue weighted by Crippen LogP contribution is -2.13. The van der Waals surface area contributed by atoms with Gasteiger partial charge in [-0.05, 0) is 48.5 Å². The number of hydrogen-bond acceptors (Lipinski definition) is 4. The predicted molar refractivity (Wildman–Crippen MR) is 103 cm³/mol. The van der Waals surface area contributed by atoms with Crippen LogP contribution in [0.4, 0.5) is 27.1 Å². The van der Waals surface area contributed by atoms with Gasteiger partial charge in [0, 0.05) is 30.2 Å². The molecule has 0 spiro atoms. The largest absolute Gasteiger partial charge is 0.354 e. The Morgan fingerprint density at radius 3 is 2.26 bits per heavy atom. The molecule has 3 rings (SSSR count). The van der Waals surface area contributed by atoms with Crippen molar-refractivity contribution in [2.75, 3.05) is 16.0 Å². The molecule has 0 aliphatic rings. The summed E-state index contributed by atoms with van der Waals surface area (Å²) in [5.41, 5.74) is 2.76. The van der Waals surface area contributed by atoms with Gasteiger partial charge in [0.1, 0.15) is 5.82 Å². The van der Waals surface area contributed by atoms with E-state index in [9.17, 15) is 14.0 Å². The Balaban J connectivity index is 1.71. The van der Waals surface area contributed by atoms with Gasteiger partial charge in [-0.2, -0.15) is 0 Å². The highest BCUT2D eigenvalue weighted by molar-refractivity contribution is 6.05. The number of aromatic nitrogens is 1. The van der Waals surface area contributed by atoms with Crippen LogP contribution >= 0.6 is 0 Å². The summed E-state index contributed by atoms with van der Waals surface area (Å²) in [7, 11) is 0. The summed E-state index contributed by atoms with van der Waals surface area (Å²) in [5, 5.41) is 8.49. The van der Waals surface area contributed by atoms with Crippen LogP contribution < -0.4 is 16.0 Å². The fourth-order valence-electron chi connectivity index (χ4n) is 2.41. The molecule has 3 N–H and O–H groups in total. The van der Waals surface area contributed by atoms with E-state index in [2.05, 4.69) is 20.9 Å². The van der Waals surface area contributed by atoms with Gasteiger partial charge < -0.3 is 16.0 Å². The molecule has 0 saturated carbocycles. The number of carbonyl (C=O) groups excluding carboxylic acids is 2. The molecular weight excluding hydrogens is 347 g/mol. The van der Waals surface area contributed by atoms with Crippen LogP contribution in [0.1, 0.15) is 17.3 Å². The molecule has 2 amide bonds. The van der Waals surface area contributed by atoms with Crippen LogP contribution in [0.15, 0.2) is 67.0 Å². The number of halogens is 1. The molecule has 0 fully saturated rings. The van der Waals surface area contributed by atoms with Crippen molar-refractivity contribution < 1.29 is 14.0 Å². The van der Waals surface area contributed by atoms with Gasteiger partial charge in [0.05, 0.1) is 17.4 Å². The van der Waals surface area contributed by atoms with Crippen LogP contribution in [0, 0.1) is 5.82 Å². The first-order valence-corrected chi connectivity index (χ1v) is 8.16. The van der Waals surface area contributed by atoms with Gasteiger partial charge >= 0.3 is 0 Å². The summed E-state index contributed by atoms with van der Waals surface area (Å²) in [6.45, 7) is 1.41. The molecular formula is C20H17FN4O2. The molecule has 27 heavy (non-hydrogen) atoms. The number of pyridine rings is 1. The van der Waals surface area contributed by atoms with Crippen LogP contribution in [0.3, 0.4) is 0 Å². The van der Waals surface area contributed by atoms with Crippen molar-refractivity contribution in [2.24, 2.45) is 0 Å². The van der Waals surface area contributed by atoms with Crippen molar-refractivity contribution in [3.8, 4) is 0 Å². The SMILES string of the molecule is CC(=O)Nc1cccc(NC(=O)c2cncc(Nc3ccc(F)cc3)c2)c1. The highest BCUT2D eigenvalue weighted by Crippen LogP contribution is 2.19.